The number of carbonyl (C=O) groups excluding carboxylic acids is 1. The van der Waals surface area contributed by atoms with Crippen molar-refractivity contribution in [1.29, 1.82) is 0 Å². The Hall–Kier alpha value is -3.41. The molecule has 1 amide bonds. The van der Waals surface area contributed by atoms with Gasteiger partial charge in [0.15, 0.2) is 0 Å². The number of nitrogens with one attached hydrogen (secondary N) is 2. The summed E-state index contributed by atoms with van der Waals surface area (Å²) in [5.41, 5.74) is 2.88. The molecule has 0 saturated heterocycles. The number of carbonyl (C=O) groups is 1. The number of nitrogens with zero attached hydrogens (tertiary/aromatic N) is 1. The van der Waals surface area contributed by atoms with Crippen LogP contribution >= 0.6 is 0 Å². The smallest absolute Gasteiger partial charge is 0.257 e. The summed E-state index contributed by atoms with van der Waals surface area (Å²) in [6, 6.07) is 13.4. The van der Waals surface area contributed by atoms with Crippen molar-refractivity contribution in [1.82, 2.24) is 4.98 Å². The molecule has 0 atom stereocenters. The van der Waals surface area contributed by atoms with Gasteiger partial charge in [-0.3, -0.25) is 9.78 Å². The van der Waals surface area contributed by atoms with Crippen LogP contribution in [0.15, 0.2) is 60.9 Å². The van der Waals surface area contributed by atoms with Crippen molar-refractivity contribution < 1.29 is 13.9 Å². The van der Waals surface area contributed by atoms with Crippen LogP contribution in [0.4, 0.5) is 21.5 Å². The minimum atomic E-state index is -0.493. The third-order valence-corrected chi connectivity index (χ3v) is 3.76. The molecule has 0 aliphatic rings. The molecule has 0 saturated carbocycles. The average molecular weight is 351 g/mol. The van der Waals surface area contributed by atoms with E-state index >= 15 is 0 Å². The molecule has 1 heterocycles. The van der Waals surface area contributed by atoms with Crippen molar-refractivity contribution in [3.05, 3.63) is 77.9 Å². The van der Waals surface area contributed by atoms with Crippen molar-refractivity contribution in [3.63, 3.8) is 0 Å². The van der Waals surface area contributed by atoms with Gasteiger partial charge in [0.2, 0.25) is 0 Å². The van der Waals surface area contributed by atoms with E-state index in [2.05, 4.69) is 15.6 Å². The summed E-state index contributed by atoms with van der Waals surface area (Å²) < 4.78 is 19.0. The molecule has 6 heteroatoms. The standard InChI is InChI=1S/C20H18FN3O2/c1-13-7-8-19(26-2)18(9-13)23-15-10-14(11-22-12-15)20(25)24-17-6-4-3-5-16(17)21/h3-12,23H,1-2H3,(H,24,25). The highest BCUT2D eigenvalue weighted by Crippen LogP contribution is 2.28. The molecular weight excluding hydrogens is 333 g/mol. The Morgan fingerprint density at radius 2 is 1.88 bits per heavy atom. The number of aryl methyl sites for hydroxylation is 1. The second-order valence-electron chi connectivity index (χ2n) is 5.72. The highest BCUT2D eigenvalue weighted by Gasteiger charge is 2.11. The summed E-state index contributed by atoms with van der Waals surface area (Å²) in [7, 11) is 1.59. The van der Waals surface area contributed by atoms with Crippen LogP contribution in [-0.2, 0) is 0 Å². The SMILES string of the molecule is COc1ccc(C)cc1Nc1cncc(C(=O)Nc2ccccc2F)c1. The molecular formula is C20H18FN3O2. The molecule has 1 aromatic heterocycles. The first kappa shape index (κ1) is 17.4. The third kappa shape index (κ3) is 3.97. The first-order valence-corrected chi connectivity index (χ1v) is 7.99. The molecule has 5 nitrogen and oxygen atoms in total. The molecule has 3 rings (SSSR count). The van der Waals surface area contributed by atoms with Gasteiger partial charge < -0.3 is 15.4 Å². The number of para-hydroxylation sites is 1. The van der Waals surface area contributed by atoms with Crippen LogP contribution < -0.4 is 15.4 Å². The number of hydrogen-bond acceptors (Lipinski definition) is 4. The van der Waals surface area contributed by atoms with E-state index in [1.807, 2.05) is 25.1 Å². The van der Waals surface area contributed by atoms with E-state index in [-0.39, 0.29) is 5.69 Å². The molecule has 0 unspecified atom stereocenters. The Morgan fingerprint density at radius 3 is 2.65 bits per heavy atom. The molecule has 0 aliphatic heterocycles. The van der Waals surface area contributed by atoms with E-state index < -0.39 is 11.7 Å². The van der Waals surface area contributed by atoms with Gasteiger partial charge in [0, 0.05) is 6.20 Å². The van der Waals surface area contributed by atoms with Crippen molar-refractivity contribution in [2.75, 3.05) is 17.7 Å². The minimum Gasteiger partial charge on any atom is -0.495 e. The van der Waals surface area contributed by atoms with Gasteiger partial charge in [0.25, 0.3) is 5.91 Å². The Labute approximate surface area is 150 Å². The first-order chi connectivity index (χ1) is 12.6. The van der Waals surface area contributed by atoms with Gasteiger partial charge in [-0.05, 0) is 42.8 Å². The Kier molecular flexibility index (Phi) is 5.12. The van der Waals surface area contributed by atoms with E-state index in [1.54, 1.807) is 31.5 Å². The van der Waals surface area contributed by atoms with E-state index in [0.717, 1.165) is 11.3 Å². The number of hydrogen-bond donors (Lipinski definition) is 2. The van der Waals surface area contributed by atoms with Crippen LogP contribution in [0.5, 0.6) is 5.75 Å². The fourth-order valence-corrected chi connectivity index (χ4v) is 2.46. The van der Waals surface area contributed by atoms with Gasteiger partial charge >= 0.3 is 0 Å². The number of amides is 1. The largest absolute Gasteiger partial charge is 0.495 e. The van der Waals surface area contributed by atoms with E-state index in [4.69, 9.17) is 4.74 Å². The number of ether oxygens (including phenoxy) is 1. The maximum atomic E-state index is 13.7. The van der Waals surface area contributed by atoms with E-state index in [9.17, 15) is 9.18 Å². The number of halogens is 1. The second kappa shape index (κ2) is 7.65. The number of pyridine rings is 1. The summed E-state index contributed by atoms with van der Waals surface area (Å²) >= 11 is 0. The van der Waals surface area contributed by atoms with Crippen LogP contribution in [0.3, 0.4) is 0 Å². The Balaban J connectivity index is 1.81. The fourth-order valence-electron chi connectivity index (χ4n) is 2.46. The molecule has 26 heavy (non-hydrogen) atoms. The van der Waals surface area contributed by atoms with Crippen molar-refractivity contribution in [2.45, 2.75) is 6.92 Å². The average Bonchev–Trinajstić information content (AvgIpc) is 2.64. The number of benzene rings is 2. The monoisotopic (exact) mass is 351 g/mol. The van der Waals surface area contributed by atoms with Crippen LogP contribution in [0.25, 0.3) is 0 Å². The summed E-state index contributed by atoms with van der Waals surface area (Å²) in [6.45, 7) is 1.97. The number of methoxy groups -OCH3 is 1. The predicted octanol–water partition coefficient (Wildman–Crippen LogP) is 4.53. The molecule has 0 aliphatic carbocycles. The zero-order valence-corrected chi connectivity index (χ0v) is 14.4. The minimum absolute atomic E-state index is 0.121. The third-order valence-electron chi connectivity index (χ3n) is 3.76. The lowest BCUT2D eigenvalue weighted by atomic mass is 10.2. The Bertz CT molecular complexity index is 944. The quantitative estimate of drug-likeness (QED) is 0.709. The highest BCUT2D eigenvalue weighted by atomic mass is 19.1. The van der Waals surface area contributed by atoms with Gasteiger partial charge in [0.05, 0.1) is 35.9 Å². The number of anilines is 3. The Morgan fingerprint density at radius 1 is 1.08 bits per heavy atom. The molecule has 0 fully saturated rings. The molecule has 0 radical (unpaired) electrons. The maximum absolute atomic E-state index is 13.7. The summed E-state index contributed by atoms with van der Waals surface area (Å²) in [5.74, 6) is -0.258. The molecule has 2 N–H and O–H groups in total. The first-order valence-electron chi connectivity index (χ1n) is 7.99. The number of aromatic nitrogens is 1. The van der Waals surface area contributed by atoms with Crippen LogP contribution in [0, 0.1) is 12.7 Å². The summed E-state index contributed by atoms with van der Waals surface area (Å²) in [5, 5.41) is 5.74. The van der Waals surface area contributed by atoms with Gasteiger partial charge in [-0.1, -0.05) is 18.2 Å². The molecule has 2 aromatic carbocycles. The zero-order valence-electron chi connectivity index (χ0n) is 14.4. The van der Waals surface area contributed by atoms with Gasteiger partial charge in [-0.2, -0.15) is 0 Å². The topological polar surface area (TPSA) is 63.2 Å². The van der Waals surface area contributed by atoms with E-state index in [0.29, 0.717) is 17.0 Å². The van der Waals surface area contributed by atoms with Crippen molar-refractivity contribution in [3.8, 4) is 5.75 Å². The van der Waals surface area contributed by atoms with Gasteiger partial charge in [-0.25, -0.2) is 4.39 Å². The van der Waals surface area contributed by atoms with Gasteiger partial charge in [-0.15, -0.1) is 0 Å². The lowest BCUT2D eigenvalue weighted by molar-refractivity contribution is 0.102. The molecule has 0 spiro atoms. The molecule has 0 bridgehead atoms. The van der Waals surface area contributed by atoms with E-state index in [1.165, 1.54) is 18.3 Å². The van der Waals surface area contributed by atoms with Crippen LogP contribution in [-0.4, -0.2) is 18.0 Å². The normalized spacial score (nSPS) is 10.3. The predicted molar refractivity (Wildman–Crippen MR) is 99.6 cm³/mol. The second-order valence-corrected chi connectivity index (χ2v) is 5.72. The summed E-state index contributed by atoms with van der Waals surface area (Å²) in [4.78, 5) is 16.5. The highest BCUT2D eigenvalue weighted by molar-refractivity contribution is 6.04. The lowest BCUT2D eigenvalue weighted by Gasteiger charge is -2.12. The zero-order chi connectivity index (χ0) is 18.5. The summed E-state index contributed by atoms with van der Waals surface area (Å²) in [6.07, 6.45) is 3.02. The molecule has 132 valence electrons. The van der Waals surface area contributed by atoms with Crippen molar-refractivity contribution in [2.24, 2.45) is 0 Å². The maximum Gasteiger partial charge on any atom is 0.257 e. The number of rotatable bonds is 5. The fraction of sp³-hybridized carbons (Fsp3) is 0.100. The van der Waals surface area contributed by atoms with Crippen LogP contribution in [0.2, 0.25) is 0 Å². The van der Waals surface area contributed by atoms with Gasteiger partial charge in [0.1, 0.15) is 11.6 Å². The van der Waals surface area contributed by atoms with Crippen molar-refractivity contribution >= 4 is 23.0 Å². The molecule has 3 aromatic rings. The van der Waals surface area contributed by atoms with Crippen LogP contribution in [0.1, 0.15) is 15.9 Å². The lowest BCUT2D eigenvalue weighted by Crippen LogP contribution is -2.13.